The normalized spacial score (nSPS) is 21.7. The molecule has 0 amide bonds. The minimum absolute atomic E-state index is 0.420. The van der Waals surface area contributed by atoms with Crippen LogP contribution in [0.25, 0.3) is 0 Å². The molecule has 0 unspecified atom stereocenters. The maximum atomic E-state index is 11.5. The Kier molecular flexibility index (Phi) is 4.92. The van der Waals surface area contributed by atoms with Crippen LogP contribution >= 0.6 is 11.8 Å². The third kappa shape index (κ3) is 4.22. The number of thioether (sulfide) groups is 1. The molecular formula is C12H21N3O2S2. The number of aromatic amines is 1. The van der Waals surface area contributed by atoms with Gasteiger partial charge in [-0.2, -0.15) is 0 Å². The van der Waals surface area contributed by atoms with Gasteiger partial charge in [-0.3, -0.25) is 0 Å². The second kappa shape index (κ2) is 6.28. The Bertz CT molecular complexity index is 513. The molecule has 108 valence electrons. The SMILES string of the molecule is CCc1cnc(SC[C@H]2CCCN(S(C)(=O)=O)C2)[nH]1. The summed E-state index contributed by atoms with van der Waals surface area (Å²) >= 11 is 1.69. The number of sulfonamides is 1. The Labute approximate surface area is 119 Å². The first kappa shape index (κ1) is 14.9. The summed E-state index contributed by atoms with van der Waals surface area (Å²) in [4.78, 5) is 7.58. The fourth-order valence-electron chi connectivity index (χ4n) is 2.25. The molecule has 0 spiro atoms. The number of nitrogens with one attached hydrogen (secondary N) is 1. The minimum atomic E-state index is -3.04. The molecule has 7 heteroatoms. The molecule has 1 aromatic heterocycles. The van der Waals surface area contributed by atoms with Crippen LogP contribution in [0.1, 0.15) is 25.5 Å². The molecule has 1 atom stereocenters. The van der Waals surface area contributed by atoms with Crippen LogP contribution in [-0.2, 0) is 16.4 Å². The second-order valence-electron chi connectivity index (χ2n) is 5.01. The van der Waals surface area contributed by atoms with Crippen molar-refractivity contribution in [1.29, 1.82) is 0 Å². The van der Waals surface area contributed by atoms with Crippen molar-refractivity contribution in [2.75, 3.05) is 25.1 Å². The van der Waals surface area contributed by atoms with Crippen LogP contribution in [0.5, 0.6) is 0 Å². The fraction of sp³-hybridized carbons (Fsp3) is 0.750. The van der Waals surface area contributed by atoms with Crippen molar-refractivity contribution in [3.8, 4) is 0 Å². The van der Waals surface area contributed by atoms with E-state index in [0.717, 1.165) is 35.9 Å². The standard InChI is InChI=1S/C12H21N3O2S2/c1-3-11-7-13-12(14-11)18-9-10-5-4-6-15(8-10)19(2,16)17/h7,10H,3-6,8-9H2,1-2H3,(H,13,14)/t10-/m0/s1. The molecule has 1 fully saturated rings. The molecular weight excluding hydrogens is 282 g/mol. The highest BCUT2D eigenvalue weighted by molar-refractivity contribution is 7.99. The van der Waals surface area contributed by atoms with E-state index >= 15 is 0 Å². The van der Waals surface area contributed by atoms with Crippen LogP contribution < -0.4 is 0 Å². The molecule has 0 bridgehead atoms. The number of aromatic nitrogens is 2. The quantitative estimate of drug-likeness (QED) is 0.841. The highest BCUT2D eigenvalue weighted by atomic mass is 32.2. The van der Waals surface area contributed by atoms with Gasteiger partial charge in [0.15, 0.2) is 5.16 Å². The molecule has 19 heavy (non-hydrogen) atoms. The van der Waals surface area contributed by atoms with Crippen LogP contribution in [0.15, 0.2) is 11.4 Å². The average molecular weight is 303 g/mol. The van der Waals surface area contributed by atoms with Gasteiger partial charge in [0.05, 0.1) is 6.26 Å². The lowest BCUT2D eigenvalue weighted by atomic mass is 10.0. The second-order valence-corrected chi connectivity index (χ2v) is 8.00. The van der Waals surface area contributed by atoms with Gasteiger partial charge in [0.2, 0.25) is 10.0 Å². The Balaban J connectivity index is 1.86. The molecule has 2 heterocycles. The summed E-state index contributed by atoms with van der Waals surface area (Å²) in [5, 5.41) is 0.938. The van der Waals surface area contributed by atoms with Crippen molar-refractivity contribution in [3.63, 3.8) is 0 Å². The van der Waals surface area contributed by atoms with Gasteiger partial charge >= 0.3 is 0 Å². The molecule has 0 aliphatic carbocycles. The molecule has 0 saturated carbocycles. The zero-order valence-electron chi connectivity index (χ0n) is 11.4. The van der Waals surface area contributed by atoms with E-state index in [1.54, 1.807) is 16.1 Å². The van der Waals surface area contributed by atoms with Crippen molar-refractivity contribution in [1.82, 2.24) is 14.3 Å². The summed E-state index contributed by atoms with van der Waals surface area (Å²) in [5.41, 5.74) is 1.14. The summed E-state index contributed by atoms with van der Waals surface area (Å²) in [6.45, 7) is 3.40. The lowest BCUT2D eigenvalue weighted by Crippen LogP contribution is -2.39. The van der Waals surface area contributed by atoms with Gasteiger partial charge < -0.3 is 4.98 Å². The summed E-state index contributed by atoms with van der Waals surface area (Å²) in [7, 11) is -3.04. The summed E-state index contributed by atoms with van der Waals surface area (Å²) < 4.78 is 24.7. The molecule has 1 aliphatic heterocycles. The molecule has 0 aromatic carbocycles. The number of hydrogen-bond donors (Lipinski definition) is 1. The topological polar surface area (TPSA) is 66.1 Å². The van der Waals surface area contributed by atoms with E-state index in [2.05, 4.69) is 16.9 Å². The molecule has 1 aromatic rings. The number of aryl methyl sites for hydroxylation is 1. The van der Waals surface area contributed by atoms with Crippen LogP contribution in [0.2, 0.25) is 0 Å². The van der Waals surface area contributed by atoms with Crippen LogP contribution in [-0.4, -0.2) is 47.8 Å². The Morgan fingerprint density at radius 2 is 2.37 bits per heavy atom. The number of hydrogen-bond acceptors (Lipinski definition) is 4. The van der Waals surface area contributed by atoms with Gasteiger partial charge in [-0.25, -0.2) is 17.7 Å². The predicted octanol–water partition coefficient (Wildman–Crippen LogP) is 1.74. The first-order chi connectivity index (χ1) is 8.99. The summed E-state index contributed by atoms with van der Waals surface area (Å²) in [5.74, 6) is 1.34. The van der Waals surface area contributed by atoms with Gasteiger partial charge in [-0.05, 0) is 25.2 Å². The predicted molar refractivity (Wildman–Crippen MR) is 77.8 cm³/mol. The first-order valence-corrected chi connectivity index (χ1v) is 9.44. The zero-order valence-corrected chi connectivity index (χ0v) is 13.1. The van der Waals surface area contributed by atoms with Crippen molar-refractivity contribution in [2.24, 2.45) is 5.92 Å². The van der Waals surface area contributed by atoms with Crippen molar-refractivity contribution in [2.45, 2.75) is 31.3 Å². The molecule has 2 rings (SSSR count). The van der Waals surface area contributed by atoms with Crippen molar-refractivity contribution >= 4 is 21.8 Å². The highest BCUT2D eigenvalue weighted by Gasteiger charge is 2.25. The lowest BCUT2D eigenvalue weighted by Gasteiger charge is -2.30. The highest BCUT2D eigenvalue weighted by Crippen LogP contribution is 2.25. The Morgan fingerprint density at radius 1 is 1.58 bits per heavy atom. The number of H-pyrrole nitrogens is 1. The van der Waals surface area contributed by atoms with E-state index in [0.29, 0.717) is 19.0 Å². The van der Waals surface area contributed by atoms with E-state index in [1.165, 1.54) is 6.26 Å². The summed E-state index contributed by atoms with van der Waals surface area (Å²) in [6.07, 6.45) is 6.17. The Hall–Kier alpha value is -0.530. The molecule has 1 N–H and O–H groups in total. The van der Waals surface area contributed by atoms with E-state index in [-0.39, 0.29) is 0 Å². The van der Waals surface area contributed by atoms with Gasteiger partial charge in [0, 0.05) is 30.7 Å². The molecule has 5 nitrogen and oxygen atoms in total. The van der Waals surface area contributed by atoms with Crippen LogP contribution in [0, 0.1) is 5.92 Å². The number of imidazole rings is 1. The number of nitrogens with zero attached hydrogens (tertiary/aromatic N) is 2. The van der Waals surface area contributed by atoms with Crippen molar-refractivity contribution < 1.29 is 8.42 Å². The van der Waals surface area contributed by atoms with E-state index in [4.69, 9.17) is 0 Å². The van der Waals surface area contributed by atoms with Crippen LogP contribution in [0.3, 0.4) is 0 Å². The molecule has 1 aliphatic rings. The largest absolute Gasteiger partial charge is 0.337 e. The monoisotopic (exact) mass is 303 g/mol. The van der Waals surface area contributed by atoms with E-state index in [9.17, 15) is 8.42 Å². The maximum Gasteiger partial charge on any atom is 0.211 e. The zero-order chi connectivity index (χ0) is 13.9. The third-order valence-corrected chi connectivity index (χ3v) is 5.78. The van der Waals surface area contributed by atoms with Crippen molar-refractivity contribution in [3.05, 3.63) is 11.9 Å². The number of rotatable bonds is 5. The fourth-order valence-corrected chi connectivity index (χ4v) is 4.19. The van der Waals surface area contributed by atoms with Gasteiger partial charge in [-0.15, -0.1) is 0 Å². The van der Waals surface area contributed by atoms with Gasteiger partial charge in [-0.1, -0.05) is 18.7 Å². The van der Waals surface area contributed by atoms with E-state index in [1.807, 2.05) is 6.20 Å². The minimum Gasteiger partial charge on any atom is -0.337 e. The average Bonchev–Trinajstić information content (AvgIpc) is 2.84. The third-order valence-electron chi connectivity index (χ3n) is 3.39. The maximum absolute atomic E-state index is 11.5. The van der Waals surface area contributed by atoms with Crippen LogP contribution in [0.4, 0.5) is 0 Å². The molecule has 1 saturated heterocycles. The molecule has 0 radical (unpaired) electrons. The van der Waals surface area contributed by atoms with Gasteiger partial charge in [0.1, 0.15) is 0 Å². The van der Waals surface area contributed by atoms with Gasteiger partial charge in [0.25, 0.3) is 0 Å². The summed E-state index contributed by atoms with van der Waals surface area (Å²) in [6, 6.07) is 0. The first-order valence-electron chi connectivity index (χ1n) is 6.61. The van der Waals surface area contributed by atoms with E-state index < -0.39 is 10.0 Å². The lowest BCUT2D eigenvalue weighted by molar-refractivity contribution is 0.286. The Morgan fingerprint density at radius 3 is 3.00 bits per heavy atom. The smallest absolute Gasteiger partial charge is 0.211 e. The number of piperidine rings is 1.